The van der Waals surface area contributed by atoms with Gasteiger partial charge in [-0.15, -0.1) is 0 Å². The van der Waals surface area contributed by atoms with Gasteiger partial charge in [-0.3, -0.25) is 4.79 Å². The van der Waals surface area contributed by atoms with Gasteiger partial charge in [-0.2, -0.15) is 0 Å². The Morgan fingerprint density at radius 1 is 1.29 bits per heavy atom. The highest BCUT2D eigenvalue weighted by Gasteiger charge is 2.35. The summed E-state index contributed by atoms with van der Waals surface area (Å²) in [7, 11) is 2.12. The highest BCUT2D eigenvalue weighted by atomic mass is 16.5. The van der Waals surface area contributed by atoms with Crippen LogP contribution in [-0.4, -0.2) is 66.8 Å². The van der Waals surface area contributed by atoms with Crippen molar-refractivity contribution < 1.29 is 14.1 Å². The highest BCUT2D eigenvalue weighted by Crippen LogP contribution is 2.21. The third-order valence-corrected chi connectivity index (χ3v) is 4.48. The van der Waals surface area contributed by atoms with E-state index in [9.17, 15) is 4.79 Å². The van der Waals surface area contributed by atoms with Crippen molar-refractivity contribution in [3.63, 3.8) is 0 Å². The van der Waals surface area contributed by atoms with Crippen LogP contribution in [0.25, 0.3) is 0 Å². The van der Waals surface area contributed by atoms with E-state index in [1.807, 2.05) is 18.7 Å². The van der Waals surface area contributed by atoms with E-state index in [4.69, 9.17) is 9.26 Å². The quantitative estimate of drug-likeness (QED) is 0.800. The Hall–Kier alpha value is -1.40. The highest BCUT2D eigenvalue weighted by molar-refractivity contribution is 5.79. The second-order valence-electron chi connectivity index (χ2n) is 6.30. The van der Waals surface area contributed by atoms with Gasteiger partial charge in [0.25, 0.3) is 0 Å². The van der Waals surface area contributed by atoms with E-state index in [1.165, 1.54) is 0 Å². The zero-order valence-corrected chi connectivity index (χ0v) is 13.0. The summed E-state index contributed by atoms with van der Waals surface area (Å²) < 4.78 is 10.9. The monoisotopic (exact) mass is 293 g/mol. The largest absolute Gasteiger partial charge is 0.379 e. The summed E-state index contributed by atoms with van der Waals surface area (Å²) in [6, 6.07) is 0.149. The molecule has 2 fully saturated rings. The molecule has 3 rings (SSSR count). The maximum Gasteiger partial charge on any atom is 0.227 e. The van der Waals surface area contributed by atoms with Crippen molar-refractivity contribution in [1.29, 1.82) is 0 Å². The summed E-state index contributed by atoms with van der Waals surface area (Å²) in [5.41, 5.74) is 1.74. The lowest BCUT2D eigenvalue weighted by atomic mass is 10.1. The summed E-state index contributed by atoms with van der Waals surface area (Å²) >= 11 is 0. The van der Waals surface area contributed by atoms with Gasteiger partial charge in [0, 0.05) is 31.1 Å². The number of aromatic nitrogens is 1. The fraction of sp³-hybridized carbons (Fsp3) is 0.733. The van der Waals surface area contributed by atoms with Crippen LogP contribution in [0.3, 0.4) is 0 Å². The van der Waals surface area contributed by atoms with Gasteiger partial charge in [-0.25, -0.2) is 0 Å². The first kappa shape index (κ1) is 14.5. The minimum Gasteiger partial charge on any atom is -0.379 e. The third-order valence-electron chi connectivity index (χ3n) is 4.48. The molecular weight excluding hydrogens is 270 g/mol. The topological polar surface area (TPSA) is 58.8 Å². The molecule has 2 bridgehead atoms. The molecule has 2 saturated heterocycles. The normalized spacial score (nSPS) is 26.7. The number of carbonyl (C=O) groups excluding carboxylic acids is 1. The fourth-order valence-electron chi connectivity index (χ4n) is 3.39. The predicted octanol–water partition coefficient (Wildman–Crippen LogP) is 0.623. The molecule has 2 aliphatic rings. The van der Waals surface area contributed by atoms with E-state index >= 15 is 0 Å². The maximum absolute atomic E-state index is 12.8. The molecule has 6 nitrogen and oxygen atoms in total. The van der Waals surface area contributed by atoms with Crippen LogP contribution in [0.1, 0.15) is 17.0 Å². The summed E-state index contributed by atoms with van der Waals surface area (Å²) in [6.07, 6.45) is 0.369. The van der Waals surface area contributed by atoms with Gasteiger partial charge in [0.05, 0.1) is 31.4 Å². The zero-order valence-electron chi connectivity index (χ0n) is 13.0. The number of hydrogen-bond donors (Lipinski definition) is 0. The molecule has 21 heavy (non-hydrogen) atoms. The first-order chi connectivity index (χ1) is 10.0. The summed E-state index contributed by atoms with van der Waals surface area (Å²) in [4.78, 5) is 17.1. The Bertz CT molecular complexity index is 509. The number of nitrogens with zero attached hydrogens (tertiary/aromatic N) is 3. The molecule has 1 aromatic heterocycles. The van der Waals surface area contributed by atoms with Crippen molar-refractivity contribution in [2.45, 2.75) is 26.3 Å². The van der Waals surface area contributed by atoms with Crippen LogP contribution in [-0.2, 0) is 16.0 Å². The summed E-state index contributed by atoms with van der Waals surface area (Å²) in [5.74, 6) is 1.29. The Labute approximate surface area is 125 Å². The smallest absolute Gasteiger partial charge is 0.227 e. The van der Waals surface area contributed by atoms with E-state index in [0.29, 0.717) is 18.9 Å². The number of rotatable bonds is 2. The van der Waals surface area contributed by atoms with Gasteiger partial charge in [0.1, 0.15) is 5.76 Å². The number of amides is 1. The van der Waals surface area contributed by atoms with Crippen molar-refractivity contribution in [3.05, 3.63) is 17.0 Å². The van der Waals surface area contributed by atoms with Gasteiger partial charge in [0.15, 0.2) is 0 Å². The number of aryl methyl sites for hydroxylation is 2. The van der Waals surface area contributed by atoms with E-state index in [-0.39, 0.29) is 11.9 Å². The molecule has 0 spiro atoms. The molecule has 6 heteroatoms. The Morgan fingerprint density at radius 2 is 2.10 bits per heavy atom. The lowest BCUT2D eigenvalue weighted by Gasteiger charge is -2.29. The number of likely N-dealkylation sites (N-methyl/N-ethyl adjacent to an activating group) is 1. The third kappa shape index (κ3) is 2.96. The van der Waals surface area contributed by atoms with Gasteiger partial charge in [0.2, 0.25) is 5.91 Å². The van der Waals surface area contributed by atoms with Crippen LogP contribution in [0.5, 0.6) is 0 Å². The van der Waals surface area contributed by atoms with Crippen molar-refractivity contribution >= 4 is 5.91 Å². The first-order valence-corrected chi connectivity index (χ1v) is 7.52. The lowest BCUT2D eigenvalue weighted by molar-refractivity contribution is -0.133. The number of hydrogen-bond acceptors (Lipinski definition) is 5. The standard InChI is InChI=1S/C15H23N3O3/c1-10-14(11(2)21-16-10)4-15(19)18-6-12-5-17(3)7-13(18)9-20-8-12/h12-13H,4-9H2,1-3H3/t12-,13-/m0/s1. The molecule has 1 aromatic rings. The first-order valence-electron chi connectivity index (χ1n) is 7.52. The average Bonchev–Trinajstić information content (AvgIpc) is 2.62. The SMILES string of the molecule is Cc1noc(C)c1CC(=O)N1C[C@H]2COC[C@@H]1CN(C)C2. The minimum atomic E-state index is 0.149. The van der Waals surface area contributed by atoms with Crippen molar-refractivity contribution in [1.82, 2.24) is 15.0 Å². The molecule has 0 aromatic carbocycles. The van der Waals surface area contributed by atoms with Crippen molar-refractivity contribution in [3.8, 4) is 0 Å². The Kier molecular flexibility index (Phi) is 3.99. The van der Waals surface area contributed by atoms with Gasteiger partial charge in [-0.05, 0) is 20.9 Å². The zero-order chi connectivity index (χ0) is 15.0. The number of ether oxygens (including phenoxy) is 1. The Morgan fingerprint density at radius 3 is 2.81 bits per heavy atom. The maximum atomic E-state index is 12.8. The summed E-state index contributed by atoms with van der Waals surface area (Å²) in [5, 5.41) is 3.93. The van der Waals surface area contributed by atoms with Crippen LogP contribution in [0.2, 0.25) is 0 Å². The van der Waals surface area contributed by atoms with Gasteiger partial charge < -0.3 is 19.1 Å². The molecular formula is C15H23N3O3. The molecule has 1 amide bonds. The van der Waals surface area contributed by atoms with Crippen LogP contribution in [0, 0.1) is 19.8 Å². The average molecular weight is 293 g/mol. The molecule has 0 N–H and O–H groups in total. The number of carbonyl (C=O) groups is 1. The lowest BCUT2D eigenvalue weighted by Crippen LogP contribution is -2.46. The second kappa shape index (κ2) is 5.77. The molecule has 116 valence electrons. The van der Waals surface area contributed by atoms with Gasteiger partial charge >= 0.3 is 0 Å². The molecule has 0 unspecified atom stereocenters. The molecule has 2 atom stereocenters. The molecule has 2 aliphatic heterocycles. The van der Waals surface area contributed by atoms with E-state index in [2.05, 4.69) is 17.1 Å². The number of fused-ring (bicyclic) bond motifs is 3. The van der Waals surface area contributed by atoms with Crippen LogP contribution < -0.4 is 0 Å². The molecule has 0 aliphatic carbocycles. The molecule has 0 radical (unpaired) electrons. The van der Waals surface area contributed by atoms with Crippen LogP contribution in [0.4, 0.5) is 0 Å². The van der Waals surface area contributed by atoms with E-state index in [1.54, 1.807) is 0 Å². The molecule has 3 heterocycles. The van der Waals surface area contributed by atoms with E-state index < -0.39 is 0 Å². The second-order valence-corrected chi connectivity index (χ2v) is 6.30. The van der Waals surface area contributed by atoms with Crippen molar-refractivity contribution in [2.24, 2.45) is 5.92 Å². The van der Waals surface area contributed by atoms with Crippen LogP contribution in [0.15, 0.2) is 4.52 Å². The Balaban J connectivity index is 1.77. The van der Waals surface area contributed by atoms with Gasteiger partial charge in [-0.1, -0.05) is 5.16 Å². The van der Waals surface area contributed by atoms with Crippen LogP contribution >= 0.6 is 0 Å². The fourth-order valence-corrected chi connectivity index (χ4v) is 3.39. The van der Waals surface area contributed by atoms with Crippen molar-refractivity contribution in [2.75, 3.05) is 39.9 Å². The minimum absolute atomic E-state index is 0.149. The molecule has 0 saturated carbocycles. The summed E-state index contributed by atoms with van der Waals surface area (Å²) in [6.45, 7) is 7.79. The van der Waals surface area contributed by atoms with E-state index in [0.717, 1.165) is 43.3 Å². The predicted molar refractivity (Wildman–Crippen MR) is 77.0 cm³/mol.